The minimum atomic E-state index is -3.98. The van der Waals surface area contributed by atoms with Crippen molar-refractivity contribution in [2.75, 3.05) is 23.3 Å². The summed E-state index contributed by atoms with van der Waals surface area (Å²) in [5, 5.41) is 3.13. The van der Waals surface area contributed by atoms with Gasteiger partial charge in [0.15, 0.2) is 0 Å². The molecule has 3 rings (SSSR count). The number of rotatable bonds is 7. The first-order chi connectivity index (χ1) is 13.9. The summed E-state index contributed by atoms with van der Waals surface area (Å²) in [6.45, 7) is -0.397. The first kappa shape index (κ1) is 20.7. The van der Waals surface area contributed by atoms with Crippen LogP contribution in [0.2, 0.25) is 5.02 Å². The van der Waals surface area contributed by atoms with Crippen LogP contribution in [0.4, 0.5) is 11.4 Å². The molecule has 0 aromatic heterocycles. The van der Waals surface area contributed by atoms with Crippen molar-refractivity contribution in [3.63, 3.8) is 0 Å². The second kappa shape index (κ2) is 8.98. The third kappa shape index (κ3) is 5.07. The van der Waals surface area contributed by atoms with E-state index in [2.05, 4.69) is 5.32 Å². The Morgan fingerprint density at radius 2 is 1.69 bits per heavy atom. The molecule has 0 heterocycles. The maximum Gasteiger partial charge on any atom is 0.264 e. The third-order valence-corrected chi connectivity index (χ3v) is 6.13. The van der Waals surface area contributed by atoms with Gasteiger partial charge in [-0.3, -0.25) is 9.10 Å². The van der Waals surface area contributed by atoms with Crippen molar-refractivity contribution in [1.29, 1.82) is 0 Å². The summed E-state index contributed by atoms with van der Waals surface area (Å²) in [5.74, 6) is 0.0937. The van der Waals surface area contributed by atoms with Gasteiger partial charge in [0.05, 0.1) is 17.7 Å². The molecule has 0 unspecified atom stereocenters. The van der Waals surface area contributed by atoms with Crippen LogP contribution in [0.25, 0.3) is 0 Å². The molecule has 3 aromatic carbocycles. The largest absolute Gasteiger partial charge is 0.497 e. The number of carbonyl (C=O) groups excluding carboxylic acids is 1. The molecule has 0 atom stereocenters. The molecule has 0 saturated heterocycles. The van der Waals surface area contributed by atoms with Gasteiger partial charge in [0.2, 0.25) is 5.91 Å². The van der Waals surface area contributed by atoms with Gasteiger partial charge in [0.1, 0.15) is 12.3 Å². The minimum absolute atomic E-state index is 0.0416. The molecule has 0 aliphatic heterocycles. The van der Waals surface area contributed by atoms with E-state index in [9.17, 15) is 13.2 Å². The molecular weight excluding hydrogens is 412 g/mol. The summed E-state index contributed by atoms with van der Waals surface area (Å²) in [7, 11) is -2.46. The molecular formula is C21H19ClN2O4S. The molecule has 1 N–H and O–H groups in total. The fourth-order valence-electron chi connectivity index (χ4n) is 2.67. The molecule has 0 fully saturated rings. The maximum atomic E-state index is 13.2. The number of nitrogens with zero attached hydrogens (tertiary/aromatic N) is 1. The van der Waals surface area contributed by atoms with Crippen LogP contribution in [-0.2, 0) is 14.8 Å². The predicted molar refractivity (Wildman–Crippen MR) is 114 cm³/mol. The lowest BCUT2D eigenvalue weighted by atomic mass is 10.3. The zero-order valence-electron chi connectivity index (χ0n) is 15.6. The second-order valence-electron chi connectivity index (χ2n) is 6.08. The van der Waals surface area contributed by atoms with Gasteiger partial charge in [-0.25, -0.2) is 8.42 Å². The van der Waals surface area contributed by atoms with Gasteiger partial charge in [-0.15, -0.1) is 0 Å². The van der Waals surface area contributed by atoms with E-state index in [4.69, 9.17) is 16.3 Å². The van der Waals surface area contributed by atoms with Gasteiger partial charge in [0.25, 0.3) is 10.0 Å². The lowest BCUT2D eigenvalue weighted by Crippen LogP contribution is -2.38. The van der Waals surface area contributed by atoms with E-state index in [1.165, 1.54) is 31.4 Å². The molecule has 150 valence electrons. The standard InChI is InChI=1S/C21H19ClN2O4S/c1-28-19-9-5-6-17(14-19)23-21(25)15-24(18-7-3-2-4-8-18)29(26,27)20-12-10-16(22)11-13-20/h2-14H,15H2,1H3,(H,23,25). The number of amides is 1. The molecule has 0 aliphatic rings. The average Bonchev–Trinajstić information content (AvgIpc) is 2.73. The highest BCUT2D eigenvalue weighted by molar-refractivity contribution is 7.92. The normalized spacial score (nSPS) is 11.0. The van der Waals surface area contributed by atoms with Crippen LogP contribution >= 0.6 is 11.6 Å². The van der Waals surface area contributed by atoms with Gasteiger partial charge in [-0.2, -0.15) is 0 Å². The number of benzene rings is 3. The van der Waals surface area contributed by atoms with Crippen molar-refractivity contribution in [3.8, 4) is 5.75 Å². The third-order valence-electron chi connectivity index (χ3n) is 4.09. The number of ether oxygens (including phenoxy) is 1. The zero-order valence-corrected chi connectivity index (χ0v) is 17.2. The lowest BCUT2D eigenvalue weighted by Gasteiger charge is -2.24. The SMILES string of the molecule is COc1cccc(NC(=O)CN(c2ccccc2)S(=O)(=O)c2ccc(Cl)cc2)c1. The van der Waals surface area contributed by atoms with Gasteiger partial charge < -0.3 is 10.1 Å². The van der Waals surface area contributed by atoms with Gasteiger partial charge >= 0.3 is 0 Å². The summed E-state index contributed by atoms with van der Waals surface area (Å²) in [6, 6.07) is 21.1. The predicted octanol–water partition coefficient (Wildman–Crippen LogP) is 4.18. The second-order valence-corrected chi connectivity index (χ2v) is 8.38. The van der Waals surface area contributed by atoms with E-state index in [0.717, 1.165) is 4.31 Å². The van der Waals surface area contributed by atoms with Crippen LogP contribution in [-0.4, -0.2) is 28.0 Å². The van der Waals surface area contributed by atoms with Gasteiger partial charge in [0, 0.05) is 16.8 Å². The Balaban J connectivity index is 1.90. The average molecular weight is 431 g/mol. The maximum absolute atomic E-state index is 13.2. The molecule has 0 saturated carbocycles. The number of hydrogen-bond acceptors (Lipinski definition) is 4. The van der Waals surface area contributed by atoms with E-state index in [0.29, 0.717) is 22.1 Å². The molecule has 0 spiro atoms. The van der Waals surface area contributed by atoms with Crippen LogP contribution in [0.1, 0.15) is 0 Å². The summed E-state index contributed by atoms with van der Waals surface area (Å²) >= 11 is 5.87. The molecule has 0 bridgehead atoms. The van der Waals surface area contributed by atoms with E-state index >= 15 is 0 Å². The Bertz CT molecular complexity index is 1090. The highest BCUT2D eigenvalue weighted by atomic mass is 35.5. The fraction of sp³-hybridized carbons (Fsp3) is 0.0952. The zero-order chi connectivity index (χ0) is 20.9. The van der Waals surface area contributed by atoms with Crippen molar-refractivity contribution in [2.24, 2.45) is 0 Å². The molecule has 1 amide bonds. The molecule has 8 heteroatoms. The number of carbonyl (C=O) groups is 1. The van der Waals surface area contributed by atoms with Crippen LogP contribution in [0.15, 0.2) is 83.8 Å². The Hall–Kier alpha value is -3.03. The van der Waals surface area contributed by atoms with Crippen LogP contribution in [0.5, 0.6) is 5.75 Å². The number of nitrogens with one attached hydrogen (secondary N) is 1. The quantitative estimate of drug-likeness (QED) is 0.610. The molecule has 29 heavy (non-hydrogen) atoms. The van der Waals surface area contributed by atoms with Gasteiger partial charge in [-0.1, -0.05) is 35.9 Å². The van der Waals surface area contributed by atoms with Crippen LogP contribution in [0.3, 0.4) is 0 Å². The lowest BCUT2D eigenvalue weighted by molar-refractivity contribution is -0.114. The van der Waals surface area contributed by atoms with Crippen molar-refractivity contribution in [2.45, 2.75) is 4.90 Å². The number of anilines is 2. The Morgan fingerprint density at radius 3 is 2.34 bits per heavy atom. The van der Waals surface area contributed by atoms with Gasteiger partial charge in [-0.05, 0) is 48.5 Å². The Morgan fingerprint density at radius 1 is 1.00 bits per heavy atom. The van der Waals surface area contributed by atoms with E-state index in [1.807, 2.05) is 0 Å². The van der Waals surface area contributed by atoms with Crippen molar-refractivity contribution in [1.82, 2.24) is 0 Å². The number of sulfonamides is 1. The summed E-state index contributed by atoms with van der Waals surface area (Å²) < 4.78 is 32.6. The van der Waals surface area contributed by atoms with E-state index in [1.54, 1.807) is 54.6 Å². The number of para-hydroxylation sites is 1. The van der Waals surface area contributed by atoms with E-state index in [-0.39, 0.29) is 4.90 Å². The first-order valence-corrected chi connectivity index (χ1v) is 10.5. The summed E-state index contributed by atoms with van der Waals surface area (Å²) in [4.78, 5) is 12.7. The van der Waals surface area contributed by atoms with Crippen LogP contribution in [0, 0.1) is 0 Å². The summed E-state index contributed by atoms with van der Waals surface area (Å²) in [6.07, 6.45) is 0. The number of hydrogen-bond donors (Lipinski definition) is 1. The highest BCUT2D eigenvalue weighted by Gasteiger charge is 2.27. The molecule has 6 nitrogen and oxygen atoms in total. The minimum Gasteiger partial charge on any atom is -0.497 e. The highest BCUT2D eigenvalue weighted by Crippen LogP contribution is 2.25. The fourth-order valence-corrected chi connectivity index (χ4v) is 4.22. The molecule has 0 radical (unpaired) electrons. The monoisotopic (exact) mass is 430 g/mol. The Kier molecular flexibility index (Phi) is 6.41. The van der Waals surface area contributed by atoms with Crippen LogP contribution < -0.4 is 14.4 Å². The molecule has 3 aromatic rings. The first-order valence-electron chi connectivity index (χ1n) is 8.67. The van der Waals surface area contributed by atoms with Crippen molar-refractivity contribution < 1.29 is 17.9 Å². The van der Waals surface area contributed by atoms with Crippen molar-refractivity contribution in [3.05, 3.63) is 83.9 Å². The van der Waals surface area contributed by atoms with E-state index < -0.39 is 22.5 Å². The summed E-state index contributed by atoms with van der Waals surface area (Å²) in [5.41, 5.74) is 0.884. The number of halogens is 1. The topological polar surface area (TPSA) is 75.7 Å². The molecule has 0 aliphatic carbocycles. The van der Waals surface area contributed by atoms with Crippen molar-refractivity contribution >= 4 is 38.9 Å². The number of methoxy groups -OCH3 is 1. The smallest absolute Gasteiger partial charge is 0.264 e. The Labute approximate surface area is 174 Å².